The zero-order valence-electron chi connectivity index (χ0n) is 12.8. The molecule has 1 aliphatic carbocycles. The van der Waals surface area contributed by atoms with Crippen molar-refractivity contribution in [3.8, 4) is 0 Å². The van der Waals surface area contributed by atoms with Crippen LogP contribution in [0.2, 0.25) is 0 Å². The lowest BCUT2D eigenvalue weighted by molar-refractivity contribution is -0.137. The quantitative estimate of drug-likeness (QED) is 0.671. The maximum absolute atomic E-state index is 12.6. The predicted octanol–water partition coefficient (Wildman–Crippen LogP) is 2.95. The van der Waals surface area contributed by atoms with Crippen LogP contribution in [0.5, 0.6) is 0 Å². The zero-order valence-corrected chi connectivity index (χ0v) is 12.8. The summed E-state index contributed by atoms with van der Waals surface area (Å²) in [6, 6.07) is 0.309. The molecule has 2 amide bonds. The van der Waals surface area contributed by atoms with Crippen LogP contribution in [0, 0.1) is 0 Å². The van der Waals surface area contributed by atoms with Gasteiger partial charge in [-0.1, -0.05) is 26.7 Å². The Balaban J connectivity index is 2.58. The molecule has 0 saturated heterocycles. The number of aliphatic carboxylic acids is 1. The fourth-order valence-corrected chi connectivity index (χ4v) is 2.22. The van der Waals surface area contributed by atoms with E-state index in [1.54, 1.807) is 4.90 Å². The number of hydrogen-bond donors (Lipinski definition) is 1. The van der Waals surface area contributed by atoms with Crippen LogP contribution in [0.1, 0.15) is 58.8 Å². The number of hydrogen-bond acceptors (Lipinski definition) is 2. The molecule has 0 aromatic heterocycles. The maximum Gasteiger partial charge on any atom is 0.320 e. The van der Waals surface area contributed by atoms with E-state index in [4.69, 9.17) is 5.11 Å². The summed E-state index contributed by atoms with van der Waals surface area (Å²) in [7, 11) is 0. The van der Waals surface area contributed by atoms with Crippen LogP contribution in [0.4, 0.5) is 4.79 Å². The predicted molar refractivity (Wildman–Crippen MR) is 78.8 cm³/mol. The van der Waals surface area contributed by atoms with Gasteiger partial charge < -0.3 is 14.9 Å². The zero-order chi connectivity index (χ0) is 15.0. The highest BCUT2D eigenvalue weighted by Gasteiger charge is 2.34. The molecule has 5 nitrogen and oxygen atoms in total. The second-order valence-electron chi connectivity index (χ2n) is 5.55. The van der Waals surface area contributed by atoms with Crippen molar-refractivity contribution in [1.29, 1.82) is 0 Å². The van der Waals surface area contributed by atoms with E-state index in [9.17, 15) is 9.59 Å². The van der Waals surface area contributed by atoms with Crippen molar-refractivity contribution in [1.82, 2.24) is 9.80 Å². The average Bonchev–Trinajstić information content (AvgIpc) is 3.23. The van der Waals surface area contributed by atoms with Crippen LogP contribution >= 0.6 is 0 Å². The first-order valence-corrected chi connectivity index (χ1v) is 7.87. The number of amides is 2. The van der Waals surface area contributed by atoms with Gasteiger partial charge in [0.25, 0.3) is 0 Å². The van der Waals surface area contributed by atoms with Gasteiger partial charge >= 0.3 is 12.0 Å². The largest absolute Gasteiger partial charge is 0.481 e. The first-order chi connectivity index (χ1) is 9.60. The second kappa shape index (κ2) is 8.82. The highest BCUT2D eigenvalue weighted by Crippen LogP contribution is 2.28. The van der Waals surface area contributed by atoms with Gasteiger partial charge in [-0.25, -0.2) is 4.79 Å². The van der Waals surface area contributed by atoms with Crippen molar-refractivity contribution in [3.63, 3.8) is 0 Å². The lowest BCUT2D eigenvalue weighted by Crippen LogP contribution is -2.46. The van der Waals surface area contributed by atoms with Gasteiger partial charge in [-0.3, -0.25) is 4.79 Å². The molecule has 0 aromatic carbocycles. The smallest absolute Gasteiger partial charge is 0.320 e. The van der Waals surface area contributed by atoms with Gasteiger partial charge in [0.2, 0.25) is 0 Å². The minimum Gasteiger partial charge on any atom is -0.481 e. The second-order valence-corrected chi connectivity index (χ2v) is 5.55. The summed E-state index contributed by atoms with van der Waals surface area (Å²) < 4.78 is 0. The molecule has 116 valence electrons. The van der Waals surface area contributed by atoms with E-state index < -0.39 is 5.97 Å². The SMILES string of the molecule is CCCCN(CCCC)C(=O)N(CCC(=O)O)C1CC1. The van der Waals surface area contributed by atoms with Gasteiger partial charge in [0.05, 0.1) is 6.42 Å². The molecule has 1 saturated carbocycles. The van der Waals surface area contributed by atoms with E-state index in [0.29, 0.717) is 6.54 Å². The standard InChI is InChI=1S/C15H28N2O3/c1-3-5-10-16(11-6-4-2)15(20)17(13-7-8-13)12-9-14(18)19/h13H,3-12H2,1-2H3,(H,18,19). The van der Waals surface area contributed by atoms with E-state index in [-0.39, 0.29) is 18.5 Å². The molecular weight excluding hydrogens is 256 g/mol. The molecule has 0 radical (unpaired) electrons. The molecule has 0 unspecified atom stereocenters. The topological polar surface area (TPSA) is 60.9 Å². The number of rotatable bonds is 10. The third-order valence-corrected chi connectivity index (χ3v) is 3.63. The summed E-state index contributed by atoms with van der Waals surface area (Å²) in [5.41, 5.74) is 0. The van der Waals surface area contributed by atoms with Crippen molar-refractivity contribution >= 4 is 12.0 Å². The Kier molecular flexibility index (Phi) is 7.41. The fourth-order valence-electron chi connectivity index (χ4n) is 2.22. The molecule has 1 N–H and O–H groups in total. The van der Waals surface area contributed by atoms with Crippen molar-refractivity contribution in [2.24, 2.45) is 0 Å². The molecule has 0 heterocycles. The lowest BCUT2D eigenvalue weighted by Gasteiger charge is -2.30. The molecule has 5 heteroatoms. The summed E-state index contributed by atoms with van der Waals surface area (Å²) in [5.74, 6) is -0.836. The van der Waals surface area contributed by atoms with Crippen LogP contribution in [0.15, 0.2) is 0 Å². The third-order valence-electron chi connectivity index (χ3n) is 3.63. The monoisotopic (exact) mass is 284 g/mol. The van der Waals surface area contributed by atoms with E-state index >= 15 is 0 Å². The molecule has 0 spiro atoms. The number of urea groups is 1. The first-order valence-electron chi connectivity index (χ1n) is 7.87. The maximum atomic E-state index is 12.6. The summed E-state index contributed by atoms with van der Waals surface area (Å²) in [6.07, 6.45) is 6.21. The van der Waals surface area contributed by atoms with Gasteiger partial charge in [0.15, 0.2) is 0 Å². The van der Waals surface area contributed by atoms with Crippen LogP contribution in [-0.2, 0) is 4.79 Å². The van der Waals surface area contributed by atoms with Gasteiger partial charge in [-0.2, -0.15) is 0 Å². The number of carboxylic acids is 1. The van der Waals surface area contributed by atoms with Crippen LogP contribution < -0.4 is 0 Å². The molecule has 0 bridgehead atoms. The van der Waals surface area contributed by atoms with Crippen LogP contribution in [-0.4, -0.2) is 52.6 Å². The van der Waals surface area contributed by atoms with Gasteiger partial charge in [-0.05, 0) is 25.7 Å². The Morgan fingerprint density at radius 2 is 1.60 bits per heavy atom. The van der Waals surface area contributed by atoms with Crippen molar-refractivity contribution < 1.29 is 14.7 Å². The van der Waals surface area contributed by atoms with Crippen LogP contribution in [0.3, 0.4) is 0 Å². The van der Waals surface area contributed by atoms with E-state index in [1.807, 2.05) is 4.90 Å². The summed E-state index contributed by atoms with van der Waals surface area (Å²) in [5, 5.41) is 8.82. The van der Waals surface area contributed by atoms with Gasteiger partial charge in [0, 0.05) is 25.7 Å². The normalized spacial score (nSPS) is 14.1. The fraction of sp³-hybridized carbons (Fsp3) is 0.867. The van der Waals surface area contributed by atoms with Crippen molar-refractivity contribution in [2.45, 2.75) is 64.8 Å². The molecule has 20 heavy (non-hydrogen) atoms. The van der Waals surface area contributed by atoms with Crippen LogP contribution in [0.25, 0.3) is 0 Å². The summed E-state index contributed by atoms with van der Waals surface area (Å²) >= 11 is 0. The molecule has 0 aromatic rings. The summed E-state index contributed by atoms with van der Waals surface area (Å²) in [4.78, 5) is 27.0. The number of carbonyl (C=O) groups is 2. The Morgan fingerprint density at radius 3 is 2.00 bits per heavy atom. The van der Waals surface area contributed by atoms with E-state index in [1.165, 1.54) is 0 Å². The minimum absolute atomic E-state index is 0.0376. The molecule has 1 rings (SSSR count). The molecule has 0 aliphatic heterocycles. The summed E-state index contributed by atoms with van der Waals surface area (Å²) in [6.45, 7) is 6.14. The van der Waals surface area contributed by atoms with Gasteiger partial charge in [-0.15, -0.1) is 0 Å². The Labute approximate surface area is 121 Å². The Morgan fingerprint density at radius 1 is 1.05 bits per heavy atom. The number of nitrogens with zero attached hydrogens (tertiary/aromatic N) is 2. The Hall–Kier alpha value is -1.26. The third kappa shape index (κ3) is 5.80. The average molecular weight is 284 g/mol. The Bertz CT molecular complexity index is 308. The minimum atomic E-state index is -0.836. The molecular formula is C15H28N2O3. The highest BCUT2D eigenvalue weighted by atomic mass is 16.4. The van der Waals surface area contributed by atoms with Crippen molar-refractivity contribution in [2.75, 3.05) is 19.6 Å². The molecule has 1 aliphatic rings. The first kappa shape index (κ1) is 16.8. The molecule has 1 fully saturated rings. The van der Waals surface area contributed by atoms with Gasteiger partial charge in [0.1, 0.15) is 0 Å². The molecule has 0 atom stereocenters. The highest BCUT2D eigenvalue weighted by molar-refractivity contribution is 5.76. The number of carbonyl (C=O) groups excluding carboxylic acids is 1. The van der Waals surface area contributed by atoms with E-state index in [2.05, 4.69) is 13.8 Å². The van der Waals surface area contributed by atoms with Crippen molar-refractivity contribution in [3.05, 3.63) is 0 Å². The number of carboxylic acid groups (broad SMARTS) is 1. The lowest BCUT2D eigenvalue weighted by atomic mass is 10.2. The number of unbranched alkanes of at least 4 members (excludes halogenated alkanes) is 2. The van der Waals surface area contributed by atoms with E-state index in [0.717, 1.165) is 51.6 Å².